The summed E-state index contributed by atoms with van der Waals surface area (Å²) in [6.07, 6.45) is 4.31. The molecule has 0 aliphatic carbocycles. The lowest BCUT2D eigenvalue weighted by molar-refractivity contribution is 0.102. The van der Waals surface area contributed by atoms with Crippen molar-refractivity contribution >= 4 is 33.3 Å². The van der Waals surface area contributed by atoms with Gasteiger partial charge in [-0.1, -0.05) is 0 Å². The molecule has 0 spiro atoms. The number of rotatable bonds is 5. The van der Waals surface area contributed by atoms with Gasteiger partial charge in [0, 0.05) is 36.8 Å². The second kappa shape index (κ2) is 7.16. The number of benzene rings is 1. The molecule has 3 rings (SSSR count). The molecular weight excluding hydrogens is 361 g/mol. The molecule has 0 aliphatic heterocycles. The summed E-state index contributed by atoms with van der Waals surface area (Å²) < 4.78 is 32.5. The van der Waals surface area contributed by atoms with Crippen LogP contribution in [0.1, 0.15) is 17.3 Å². The predicted molar refractivity (Wildman–Crippen MR) is 94.2 cm³/mol. The molecule has 8 nitrogen and oxygen atoms in total. The summed E-state index contributed by atoms with van der Waals surface area (Å²) in [5.74, 6) is -1.09. The van der Waals surface area contributed by atoms with Crippen LogP contribution in [0.2, 0.25) is 0 Å². The number of hydrogen-bond donors (Lipinski definition) is 1. The molecule has 10 heteroatoms. The first-order chi connectivity index (χ1) is 12.4. The number of aromatic nitrogens is 4. The van der Waals surface area contributed by atoms with Crippen molar-refractivity contribution in [3.63, 3.8) is 0 Å². The lowest BCUT2D eigenvalue weighted by Crippen LogP contribution is -2.16. The minimum absolute atomic E-state index is 0.0214. The number of nitrogens with zero attached hydrogens (tertiary/aromatic N) is 4. The highest BCUT2D eigenvalue weighted by atomic mass is 32.2. The molecule has 0 saturated carbocycles. The highest BCUT2D eigenvalue weighted by molar-refractivity contribution is 7.84. The molecule has 0 fully saturated rings. The zero-order valence-electron chi connectivity index (χ0n) is 14.3. The maximum absolute atomic E-state index is 14.1. The van der Waals surface area contributed by atoms with Crippen molar-refractivity contribution in [2.45, 2.75) is 12.1 Å². The molecule has 2 aromatic heterocycles. The van der Waals surface area contributed by atoms with E-state index in [0.717, 1.165) is 0 Å². The van der Waals surface area contributed by atoms with Gasteiger partial charge in [0.25, 0.3) is 5.91 Å². The Morgan fingerprint density at radius 3 is 2.88 bits per heavy atom. The van der Waals surface area contributed by atoms with Gasteiger partial charge in [0.05, 0.1) is 17.4 Å². The largest absolute Gasteiger partial charge is 0.477 e. The maximum atomic E-state index is 14.1. The molecule has 0 saturated heterocycles. The summed E-state index contributed by atoms with van der Waals surface area (Å²) in [5.41, 5.74) is 0.546. The standard InChI is InChI=1S/C16H16FN5O3S/c1-4-25-15-11(7-18-16(20-15)26(3)24)14(23)19-10-5-9-8-22(2)21-13(9)12(17)6-10/h5-8H,4H2,1-3H3,(H,19,23). The van der Waals surface area contributed by atoms with E-state index in [-0.39, 0.29) is 34.4 Å². The Morgan fingerprint density at radius 1 is 1.42 bits per heavy atom. The second-order valence-electron chi connectivity index (χ2n) is 5.41. The first-order valence-corrected chi connectivity index (χ1v) is 9.22. The number of fused-ring (bicyclic) bond motifs is 1. The van der Waals surface area contributed by atoms with Crippen LogP contribution in [0.15, 0.2) is 29.7 Å². The molecule has 1 aromatic carbocycles. The van der Waals surface area contributed by atoms with E-state index in [4.69, 9.17) is 4.74 Å². The predicted octanol–water partition coefficient (Wildman–Crippen LogP) is 1.89. The second-order valence-corrected chi connectivity index (χ2v) is 6.68. The zero-order valence-corrected chi connectivity index (χ0v) is 15.1. The number of ether oxygens (including phenoxy) is 1. The number of amides is 1. The quantitative estimate of drug-likeness (QED) is 0.682. The fourth-order valence-electron chi connectivity index (χ4n) is 2.37. The van der Waals surface area contributed by atoms with Gasteiger partial charge in [0.2, 0.25) is 11.0 Å². The van der Waals surface area contributed by atoms with E-state index in [1.165, 1.54) is 23.2 Å². The van der Waals surface area contributed by atoms with Crippen LogP contribution in [0.4, 0.5) is 10.1 Å². The van der Waals surface area contributed by atoms with E-state index in [0.29, 0.717) is 5.39 Å². The van der Waals surface area contributed by atoms with Gasteiger partial charge < -0.3 is 10.1 Å². The van der Waals surface area contributed by atoms with Crippen LogP contribution < -0.4 is 10.1 Å². The molecule has 2 heterocycles. The van der Waals surface area contributed by atoms with Crippen molar-refractivity contribution in [3.8, 4) is 5.88 Å². The Kier molecular flexibility index (Phi) is 4.94. The van der Waals surface area contributed by atoms with Crippen LogP contribution in [0.25, 0.3) is 10.9 Å². The van der Waals surface area contributed by atoms with Crippen LogP contribution in [0, 0.1) is 5.82 Å². The Morgan fingerprint density at radius 2 is 2.19 bits per heavy atom. The third-order valence-electron chi connectivity index (χ3n) is 3.45. The Labute approximate surface area is 150 Å². The third kappa shape index (κ3) is 3.54. The summed E-state index contributed by atoms with van der Waals surface area (Å²) in [5, 5.41) is 7.23. The normalized spacial score (nSPS) is 12.2. The number of halogens is 1. The van der Waals surface area contributed by atoms with E-state index in [1.54, 1.807) is 26.2 Å². The topological polar surface area (TPSA) is 99.0 Å². The van der Waals surface area contributed by atoms with Crippen molar-refractivity contribution in [1.82, 2.24) is 19.7 Å². The molecule has 3 aromatic rings. The molecular formula is C16H16FN5O3S. The van der Waals surface area contributed by atoms with E-state index < -0.39 is 22.5 Å². The molecule has 136 valence electrons. The van der Waals surface area contributed by atoms with Gasteiger partial charge in [0.1, 0.15) is 11.1 Å². The van der Waals surface area contributed by atoms with E-state index in [9.17, 15) is 13.4 Å². The van der Waals surface area contributed by atoms with Crippen molar-refractivity contribution in [1.29, 1.82) is 0 Å². The molecule has 0 aliphatic rings. The van der Waals surface area contributed by atoms with Crippen LogP contribution >= 0.6 is 0 Å². The molecule has 1 atom stereocenters. The minimum Gasteiger partial charge on any atom is -0.477 e. The smallest absolute Gasteiger partial charge is 0.262 e. The highest BCUT2D eigenvalue weighted by Crippen LogP contribution is 2.23. The van der Waals surface area contributed by atoms with Gasteiger partial charge in [0.15, 0.2) is 5.82 Å². The van der Waals surface area contributed by atoms with Crippen molar-refractivity contribution in [3.05, 3.63) is 35.9 Å². The van der Waals surface area contributed by atoms with Gasteiger partial charge in [-0.15, -0.1) is 0 Å². The summed E-state index contributed by atoms with van der Waals surface area (Å²) in [6.45, 7) is 2.00. The molecule has 0 bridgehead atoms. The van der Waals surface area contributed by atoms with Crippen LogP contribution in [0.5, 0.6) is 5.88 Å². The Hall–Kier alpha value is -2.88. The minimum atomic E-state index is -1.41. The van der Waals surface area contributed by atoms with Gasteiger partial charge in [-0.3, -0.25) is 13.7 Å². The summed E-state index contributed by atoms with van der Waals surface area (Å²) in [4.78, 5) is 20.5. The molecule has 0 radical (unpaired) electrons. The number of nitrogens with one attached hydrogen (secondary N) is 1. The number of aryl methyl sites for hydroxylation is 1. The number of anilines is 1. The Bertz CT molecular complexity index is 1020. The highest BCUT2D eigenvalue weighted by Gasteiger charge is 2.18. The lowest BCUT2D eigenvalue weighted by atomic mass is 10.2. The van der Waals surface area contributed by atoms with Crippen molar-refractivity contribution < 1.29 is 18.1 Å². The SMILES string of the molecule is CCOc1nc(S(C)=O)ncc1C(=O)Nc1cc(F)c2nn(C)cc2c1. The average Bonchev–Trinajstić information content (AvgIpc) is 2.96. The number of carbonyl (C=O) groups is 1. The van der Waals surface area contributed by atoms with Gasteiger partial charge in [-0.25, -0.2) is 9.37 Å². The molecule has 26 heavy (non-hydrogen) atoms. The number of carbonyl (C=O) groups excluding carboxylic acids is 1. The Balaban J connectivity index is 1.93. The van der Waals surface area contributed by atoms with Crippen molar-refractivity contribution in [2.24, 2.45) is 7.05 Å². The molecule has 1 unspecified atom stereocenters. The van der Waals surface area contributed by atoms with Crippen LogP contribution in [-0.4, -0.2) is 42.7 Å². The van der Waals surface area contributed by atoms with Gasteiger partial charge in [-0.05, 0) is 19.1 Å². The summed E-state index contributed by atoms with van der Waals surface area (Å²) in [6, 6.07) is 2.80. The van der Waals surface area contributed by atoms with Gasteiger partial charge >= 0.3 is 0 Å². The van der Waals surface area contributed by atoms with Crippen molar-refractivity contribution in [2.75, 3.05) is 18.2 Å². The fraction of sp³-hybridized carbons (Fsp3) is 0.250. The molecule has 1 N–H and O–H groups in total. The fourth-order valence-corrected chi connectivity index (χ4v) is 2.79. The average molecular weight is 377 g/mol. The van der Waals surface area contributed by atoms with E-state index in [1.807, 2.05) is 0 Å². The van der Waals surface area contributed by atoms with Crippen LogP contribution in [-0.2, 0) is 17.8 Å². The molecule has 1 amide bonds. The summed E-state index contributed by atoms with van der Waals surface area (Å²) >= 11 is 0. The summed E-state index contributed by atoms with van der Waals surface area (Å²) in [7, 11) is 0.272. The van der Waals surface area contributed by atoms with E-state index >= 15 is 0 Å². The van der Waals surface area contributed by atoms with E-state index in [2.05, 4.69) is 20.4 Å². The zero-order chi connectivity index (χ0) is 18.8. The first-order valence-electron chi connectivity index (χ1n) is 7.66. The lowest BCUT2D eigenvalue weighted by Gasteiger charge is -2.10. The van der Waals surface area contributed by atoms with Crippen LogP contribution in [0.3, 0.4) is 0 Å². The monoisotopic (exact) mass is 377 g/mol. The first kappa shape index (κ1) is 17.9. The maximum Gasteiger partial charge on any atom is 0.262 e. The third-order valence-corrected chi connectivity index (χ3v) is 4.16. The van der Waals surface area contributed by atoms with Gasteiger partial charge in [-0.2, -0.15) is 10.1 Å². The number of hydrogen-bond acceptors (Lipinski definition) is 6.